The molecule has 0 aromatic heterocycles. The third kappa shape index (κ3) is 4.86. The maximum atomic E-state index is 13.2. The molecule has 164 valence electrons. The number of hydrogen-bond donors (Lipinski definition) is 1. The molecular formula is C24H28ClN3O3. The van der Waals surface area contributed by atoms with Gasteiger partial charge in [-0.15, -0.1) is 0 Å². The molecule has 7 heteroatoms. The Balaban J connectivity index is 1.53. The smallest absolute Gasteiger partial charge is 0.253 e. The third-order valence-electron chi connectivity index (χ3n) is 6.11. The standard InChI is InChI=1S/C24H28ClN3O3/c1-31-19-9-6-17(7-10-19)22(27-12-2-3-13-27)16-26-24(30)20-11-8-18(25)15-21(20)28-14-4-5-23(28)29/h6-11,15,22H,2-5,12-14,16H2,1H3,(H,26,30)/t22-/m1/s1. The molecule has 2 aromatic carbocycles. The van der Waals surface area contributed by atoms with E-state index in [2.05, 4.69) is 22.3 Å². The van der Waals surface area contributed by atoms with E-state index in [9.17, 15) is 9.59 Å². The second-order valence-corrected chi connectivity index (χ2v) is 8.49. The van der Waals surface area contributed by atoms with E-state index in [0.717, 1.165) is 30.8 Å². The van der Waals surface area contributed by atoms with E-state index in [-0.39, 0.29) is 17.9 Å². The summed E-state index contributed by atoms with van der Waals surface area (Å²) in [5.74, 6) is 0.655. The molecule has 2 aliphatic heterocycles. The lowest BCUT2D eigenvalue weighted by Gasteiger charge is -2.28. The first-order chi connectivity index (χ1) is 15.1. The number of hydrogen-bond acceptors (Lipinski definition) is 4. The Morgan fingerprint density at radius 3 is 2.48 bits per heavy atom. The lowest BCUT2D eigenvalue weighted by Crippen LogP contribution is -2.37. The van der Waals surface area contributed by atoms with Gasteiger partial charge in [0.1, 0.15) is 5.75 Å². The van der Waals surface area contributed by atoms with Gasteiger partial charge in [0.25, 0.3) is 5.91 Å². The number of rotatable bonds is 7. The van der Waals surface area contributed by atoms with Crippen molar-refractivity contribution in [3.63, 3.8) is 0 Å². The van der Waals surface area contributed by atoms with Crippen molar-refractivity contribution >= 4 is 29.1 Å². The number of methoxy groups -OCH3 is 1. The zero-order chi connectivity index (χ0) is 21.8. The highest BCUT2D eigenvalue weighted by Gasteiger charge is 2.28. The summed E-state index contributed by atoms with van der Waals surface area (Å²) in [7, 11) is 1.65. The van der Waals surface area contributed by atoms with Gasteiger partial charge in [-0.05, 0) is 68.2 Å². The molecular weight excluding hydrogens is 414 g/mol. The Morgan fingerprint density at radius 1 is 1.10 bits per heavy atom. The molecule has 1 N–H and O–H groups in total. The molecule has 6 nitrogen and oxygen atoms in total. The van der Waals surface area contributed by atoms with Gasteiger partial charge in [-0.1, -0.05) is 23.7 Å². The van der Waals surface area contributed by atoms with Crippen molar-refractivity contribution in [1.29, 1.82) is 0 Å². The van der Waals surface area contributed by atoms with E-state index < -0.39 is 0 Å². The van der Waals surface area contributed by atoms with Crippen LogP contribution in [0.25, 0.3) is 0 Å². The second-order valence-electron chi connectivity index (χ2n) is 8.05. The van der Waals surface area contributed by atoms with Crippen LogP contribution in [0.1, 0.15) is 47.6 Å². The first kappa shape index (κ1) is 21.7. The molecule has 2 heterocycles. The average molecular weight is 442 g/mol. The first-order valence-corrected chi connectivity index (χ1v) is 11.2. The van der Waals surface area contributed by atoms with Gasteiger partial charge < -0.3 is 15.0 Å². The number of nitrogens with one attached hydrogen (secondary N) is 1. The van der Waals surface area contributed by atoms with E-state index in [0.29, 0.717) is 35.8 Å². The van der Waals surface area contributed by atoms with Crippen LogP contribution in [0, 0.1) is 0 Å². The van der Waals surface area contributed by atoms with Gasteiger partial charge in [0.15, 0.2) is 0 Å². The number of benzene rings is 2. The number of ether oxygens (including phenoxy) is 1. The molecule has 2 aliphatic rings. The number of carbonyl (C=O) groups is 2. The largest absolute Gasteiger partial charge is 0.497 e. The van der Waals surface area contributed by atoms with E-state index in [1.807, 2.05) is 12.1 Å². The summed E-state index contributed by atoms with van der Waals surface area (Å²) in [4.78, 5) is 29.5. The average Bonchev–Trinajstić information content (AvgIpc) is 3.46. The number of nitrogens with zero attached hydrogens (tertiary/aromatic N) is 2. The van der Waals surface area contributed by atoms with Crippen LogP contribution >= 0.6 is 11.6 Å². The molecule has 2 amide bonds. The Morgan fingerprint density at radius 2 is 1.84 bits per heavy atom. The zero-order valence-corrected chi connectivity index (χ0v) is 18.5. The minimum absolute atomic E-state index is 0.0319. The lowest BCUT2D eigenvalue weighted by atomic mass is 10.0. The molecule has 0 spiro atoms. The maximum Gasteiger partial charge on any atom is 0.253 e. The normalized spacial score (nSPS) is 17.7. The van der Waals surface area contributed by atoms with Crippen LogP contribution in [0.2, 0.25) is 5.02 Å². The SMILES string of the molecule is COc1ccc([C@@H](CNC(=O)c2ccc(Cl)cc2N2CCCC2=O)N2CCCC2)cc1. The summed E-state index contributed by atoms with van der Waals surface area (Å²) in [6.45, 7) is 3.13. The van der Waals surface area contributed by atoms with Crippen molar-refractivity contribution in [2.45, 2.75) is 31.7 Å². The number of halogens is 1. The van der Waals surface area contributed by atoms with Crippen molar-refractivity contribution in [3.8, 4) is 5.75 Å². The fraction of sp³-hybridized carbons (Fsp3) is 0.417. The molecule has 0 unspecified atom stereocenters. The Labute approximate surface area is 188 Å². The van der Waals surface area contributed by atoms with Gasteiger partial charge in [-0.25, -0.2) is 0 Å². The molecule has 0 saturated carbocycles. The van der Waals surface area contributed by atoms with E-state index in [4.69, 9.17) is 16.3 Å². The van der Waals surface area contributed by atoms with Crippen molar-refractivity contribution < 1.29 is 14.3 Å². The Kier molecular flexibility index (Phi) is 6.78. The molecule has 0 aliphatic carbocycles. The summed E-state index contributed by atoms with van der Waals surface area (Å²) in [6.07, 6.45) is 3.63. The monoisotopic (exact) mass is 441 g/mol. The molecule has 0 radical (unpaired) electrons. The highest BCUT2D eigenvalue weighted by Crippen LogP contribution is 2.30. The molecule has 1 atom stereocenters. The molecule has 0 bridgehead atoms. The third-order valence-corrected chi connectivity index (χ3v) is 6.34. The number of anilines is 1. The molecule has 2 fully saturated rings. The van der Waals surface area contributed by atoms with Crippen LogP contribution in [0.3, 0.4) is 0 Å². The fourth-order valence-corrected chi connectivity index (χ4v) is 4.61. The highest BCUT2D eigenvalue weighted by molar-refractivity contribution is 6.31. The van der Waals surface area contributed by atoms with E-state index >= 15 is 0 Å². The van der Waals surface area contributed by atoms with Gasteiger partial charge in [0.2, 0.25) is 5.91 Å². The molecule has 2 aromatic rings. The summed E-state index contributed by atoms with van der Waals surface area (Å²) in [6, 6.07) is 13.2. The van der Waals surface area contributed by atoms with Gasteiger partial charge in [0, 0.05) is 24.5 Å². The van der Waals surface area contributed by atoms with E-state index in [1.165, 1.54) is 12.8 Å². The van der Waals surface area contributed by atoms with Crippen LogP contribution < -0.4 is 15.0 Å². The van der Waals surface area contributed by atoms with Crippen LogP contribution in [0.5, 0.6) is 5.75 Å². The zero-order valence-electron chi connectivity index (χ0n) is 17.8. The molecule has 31 heavy (non-hydrogen) atoms. The molecule has 4 rings (SSSR count). The topological polar surface area (TPSA) is 61.9 Å². The Hall–Kier alpha value is -2.57. The van der Waals surface area contributed by atoms with Crippen molar-refractivity contribution in [1.82, 2.24) is 10.2 Å². The fourth-order valence-electron chi connectivity index (χ4n) is 4.44. The van der Waals surface area contributed by atoms with Crippen LogP contribution in [0.15, 0.2) is 42.5 Å². The Bertz CT molecular complexity index is 942. The predicted molar refractivity (Wildman–Crippen MR) is 122 cm³/mol. The van der Waals surface area contributed by atoms with Crippen LogP contribution in [-0.2, 0) is 4.79 Å². The molecule has 2 saturated heterocycles. The van der Waals surface area contributed by atoms with E-state index in [1.54, 1.807) is 30.2 Å². The minimum atomic E-state index is -0.191. The van der Waals surface area contributed by atoms with Gasteiger partial charge in [-0.2, -0.15) is 0 Å². The summed E-state index contributed by atoms with van der Waals surface area (Å²) in [5.41, 5.74) is 2.22. The van der Waals surface area contributed by atoms with Gasteiger partial charge in [-0.3, -0.25) is 14.5 Å². The number of amides is 2. The summed E-state index contributed by atoms with van der Waals surface area (Å²) in [5, 5.41) is 3.62. The minimum Gasteiger partial charge on any atom is -0.497 e. The van der Waals surface area contributed by atoms with Crippen LogP contribution in [0.4, 0.5) is 5.69 Å². The van der Waals surface area contributed by atoms with Gasteiger partial charge in [0.05, 0.1) is 24.4 Å². The highest BCUT2D eigenvalue weighted by atomic mass is 35.5. The predicted octanol–water partition coefficient (Wildman–Crippen LogP) is 4.04. The quantitative estimate of drug-likeness (QED) is 0.704. The maximum absolute atomic E-state index is 13.2. The van der Waals surface area contributed by atoms with Crippen LogP contribution in [-0.4, -0.2) is 50.0 Å². The lowest BCUT2D eigenvalue weighted by molar-refractivity contribution is -0.117. The van der Waals surface area contributed by atoms with Crippen molar-refractivity contribution in [3.05, 3.63) is 58.6 Å². The number of likely N-dealkylation sites (tertiary alicyclic amines) is 1. The van der Waals surface area contributed by atoms with Crippen molar-refractivity contribution in [2.75, 3.05) is 38.2 Å². The van der Waals surface area contributed by atoms with Gasteiger partial charge >= 0.3 is 0 Å². The van der Waals surface area contributed by atoms with Crippen molar-refractivity contribution in [2.24, 2.45) is 0 Å². The second kappa shape index (κ2) is 9.71. The summed E-state index contributed by atoms with van der Waals surface area (Å²) >= 11 is 6.18. The summed E-state index contributed by atoms with van der Waals surface area (Å²) < 4.78 is 5.28. The number of carbonyl (C=O) groups excluding carboxylic acids is 2. The first-order valence-electron chi connectivity index (χ1n) is 10.8.